The molecule has 6 nitrogen and oxygen atoms in total. The molecule has 0 aromatic heterocycles. The summed E-state index contributed by atoms with van der Waals surface area (Å²) < 4.78 is 5.91. The zero-order valence-corrected chi connectivity index (χ0v) is 38.7. The molecule has 0 heterocycles. The molecule has 0 aliphatic rings. The van der Waals surface area contributed by atoms with Gasteiger partial charge < -0.3 is 20.3 Å². The Bertz CT molecular complexity index is 961. The van der Waals surface area contributed by atoms with Gasteiger partial charge in [0.25, 0.3) is 0 Å². The summed E-state index contributed by atoms with van der Waals surface area (Å²) in [5, 5.41) is 23.6. The minimum atomic E-state index is -0.789. The molecule has 0 saturated heterocycles. The Labute approximate surface area is 360 Å². The molecule has 0 fully saturated rings. The van der Waals surface area contributed by atoms with Gasteiger partial charge in [-0.3, -0.25) is 9.59 Å². The number of aliphatic hydroxyl groups is 2. The van der Waals surface area contributed by atoms with Crippen molar-refractivity contribution in [3.63, 3.8) is 0 Å². The van der Waals surface area contributed by atoms with Crippen molar-refractivity contribution in [3.05, 3.63) is 36.5 Å². The molecular formula is C52H97NO5. The van der Waals surface area contributed by atoms with Crippen LogP contribution >= 0.6 is 0 Å². The van der Waals surface area contributed by atoms with Crippen LogP contribution in [0.25, 0.3) is 0 Å². The number of carbonyl (C=O) groups excluding carboxylic acids is 2. The van der Waals surface area contributed by atoms with Gasteiger partial charge in [0.15, 0.2) is 0 Å². The SMILES string of the molecule is CC/C=C/C/C=C/CCCCCCCC(CC(=O)NC(CO)C(O)CCCCCCCCCCC)OC(=O)CCCCCCC/C=C/CCCCCCCCCCC. The molecule has 3 N–H and O–H groups in total. The first-order valence-electron chi connectivity index (χ1n) is 25.2. The van der Waals surface area contributed by atoms with Gasteiger partial charge in [0.1, 0.15) is 6.10 Å². The lowest BCUT2D eigenvalue weighted by atomic mass is 10.0. The minimum absolute atomic E-state index is 0.0664. The Morgan fingerprint density at radius 1 is 0.517 bits per heavy atom. The van der Waals surface area contributed by atoms with Gasteiger partial charge in [-0.1, -0.05) is 205 Å². The molecule has 0 rings (SSSR count). The van der Waals surface area contributed by atoms with E-state index in [1.54, 1.807) is 0 Å². The fraction of sp³-hybridized carbons (Fsp3) is 0.846. The van der Waals surface area contributed by atoms with Crippen LogP contribution < -0.4 is 5.32 Å². The average Bonchev–Trinajstić information content (AvgIpc) is 3.22. The predicted octanol–water partition coefficient (Wildman–Crippen LogP) is 14.9. The quantitative estimate of drug-likeness (QED) is 0.0323. The molecule has 0 bridgehead atoms. The van der Waals surface area contributed by atoms with Gasteiger partial charge in [0.2, 0.25) is 5.91 Å². The van der Waals surface area contributed by atoms with Crippen LogP contribution in [0.15, 0.2) is 36.5 Å². The second-order valence-corrected chi connectivity index (χ2v) is 17.2. The first-order chi connectivity index (χ1) is 28.5. The fourth-order valence-corrected chi connectivity index (χ4v) is 7.64. The van der Waals surface area contributed by atoms with E-state index in [9.17, 15) is 19.8 Å². The van der Waals surface area contributed by atoms with E-state index in [0.717, 1.165) is 83.5 Å². The van der Waals surface area contributed by atoms with Crippen LogP contribution in [0.1, 0.15) is 258 Å². The van der Waals surface area contributed by atoms with Crippen molar-refractivity contribution in [2.45, 2.75) is 277 Å². The number of nitrogens with one attached hydrogen (secondary N) is 1. The van der Waals surface area contributed by atoms with Crippen molar-refractivity contribution in [3.8, 4) is 0 Å². The lowest BCUT2D eigenvalue weighted by Crippen LogP contribution is -2.46. The lowest BCUT2D eigenvalue weighted by molar-refractivity contribution is -0.151. The van der Waals surface area contributed by atoms with Gasteiger partial charge >= 0.3 is 5.97 Å². The Morgan fingerprint density at radius 3 is 1.41 bits per heavy atom. The molecule has 0 aromatic rings. The standard InChI is InChI=1S/C52H97NO5/c1-4-7-10-13-16-19-21-23-24-25-26-27-28-30-33-36-39-42-45-52(57)58-48(43-40-37-34-32-29-22-20-17-14-11-8-5-2)46-51(56)53-49(47-54)50(55)44-41-38-35-31-18-15-12-9-6-3/h8,11,17,20,26-27,48-50,54-55H,4-7,9-10,12-16,18-19,21-25,28-47H2,1-3H3,(H,53,56)/b11-8+,20-17+,27-26+. The topological polar surface area (TPSA) is 95.9 Å². The number of hydrogen-bond donors (Lipinski definition) is 3. The van der Waals surface area contributed by atoms with Gasteiger partial charge in [-0.2, -0.15) is 0 Å². The van der Waals surface area contributed by atoms with Crippen LogP contribution in [0.4, 0.5) is 0 Å². The number of rotatable bonds is 45. The molecule has 3 unspecified atom stereocenters. The predicted molar refractivity (Wildman–Crippen MR) is 250 cm³/mol. The number of ether oxygens (including phenoxy) is 1. The summed E-state index contributed by atoms with van der Waals surface area (Å²) in [6, 6.07) is -0.704. The average molecular weight is 816 g/mol. The summed E-state index contributed by atoms with van der Waals surface area (Å²) >= 11 is 0. The highest BCUT2D eigenvalue weighted by Gasteiger charge is 2.24. The van der Waals surface area contributed by atoms with Crippen molar-refractivity contribution >= 4 is 11.9 Å². The minimum Gasteiger partial charge on any atom is -0.462 e. The zero-order valence-electron chi connectivity index (χ0n) is 38.7. The van der Waals surface area contributed by atoms with Gasteiger partial charge in [0.05, 0.1) is 25.2 Å². The van der Waals surface area contributed by atoms with Gasteiger partial charge in [-0.25, -0.2) is 0 Å². The highest BCUT2D eigenvalue weighted by atomic mass is 16.5. The maximum atomic E-state index is 13.1. The van der Waals surface area contributed by atoms with Crippen LogP contribution in [0.5, 0.6) is 0 Å². The third-order valence-corrected chi connectivity index (χ3v) is 11.5. The van der Waals surface area contributed by atoms with Crippen molar-refractivity contribution in [1.29, 1.82) is 0 Å². The van der Waals surface area contributed by atoms with Crippen LogP contribution in [0.2, 0.25) is 0 Å². The summed E-state index contributed by atoms with van der Waals surface area (Å²) in [6.07, 6.45) is 53.6. The summed E-state index contributed by atoms with van der Waals surface area (Å²) in [5.41, 5.74) is 0. The summed E-state index contributed by atoms with van der Waals surface area (Å²) in [5.74, 6) is -0.493. The number of amides is 1. The molecule has 340 valence electrons. The number of hydrogen-bond acceptors (Lipinski definition) is 5. The number of allylic oxidation sites excluding steroid dienone is 6. The van der Waals surface area contributed by atoms with E-state index in [-0.39, 0.29) is 24.9 Å². The molecule has 58 heavy (non-hydrogen) atoms. The second kappa shape index (κ2) is 46.2. The van der Waals surface area contributed by atoms with E-state index in [1.165, 1.54) is 128 Å². The Morgan fingerprint density at radius 2 is 0.931 bits per heavy atom. The summed E-state index contributed by atoms with van der Waals surface area (Å²) in [7, 11) is 0. The number of esters is 1. The Balaban J connectivity index is 4.52. The smallest absolute Gasteiger partial charge is 0.306 e. The molecule has 6 heteroatoms. The third-order valence-electron chi connectivity index (χ3n) is 11.5. The van der Waals surface area contributed by atoms with Crippen molar-refractivity contribution < 1.29 is 24.5 Å². The molecule has 0 aliphatic carbocycles. The van der Waals surface area contributed by atoms with Gasteiger partial charge in [-0.05, 0) is 77.0 Å². The number of unbranched alkanes of at least 4 members (excludes halogenated alkanes) is 27. The van der Waals surface area contributed by atoms with Crippen molar-refractivity contribution in [1.82, 2.24) is 5.32 Å². The van der Waals surface area contributed by atoms with E-state index in [1.807, 2.05) is 0 Å². The highest BCUT2D eigenvalue weighted by Crippen LogP contribution is 2.17. The van der Waals surface area contributed by atoms with E-state index < -0.39 is 18.2 Å². The summed E-state index contributed by atoms with van der Waals surface area (Å²) in [6.45, 7) is 6.36. The van der Waals surface area contributed by atoms with E-state index >= 15 is 0 Å². The number of aliphatic hydroxyl groups excluding tert-OH is 2. The van der Waals surface area contributed by atoms with Crippen LogP contribution in [0, 0.1) is 0 Å². The summed E-state index contributed by atoms with van der Waals surface area (Å²) in [4.78, 5) is 26.1. The Hall–Kier alpha value is -1.92. The molecule has 0 aliphatic heterocycles. The Kier molecular flexibility index (Phi) is 44.6. The maximum Gasteiger partial charge on any atom is 0.306 e. The van der Waals surface area contributed by atoms with E-state index in [2.05, 4.69) is 62.5 Å². The largest absolute Gasteiger partial charge is 0.462 e. The molecule has 1 amide bonds. The molecule has 3 atom stereocenters. The normalized spacial score (nSPS) is 13.5. The van der Waals surface area contributed by atoms with Crippen LogP contribution in [-0.4, -0.2) is 46.9 Å². The maximum absolute atomic E-state index is 13.1. The zero-order chi connectivity index (χ0) is 42.4. The van der Waals surface area contributed by atoms with E-state index in [0.29, 0.717) is 19.3 Å². The molecule has 0 saturated carbocycles. The molecule has 0 spiro atoms. The molecule has 0 aromatic carbocycles. The van der Waals surface area contributed by atoms with Gasteiger partial charge in [0, 0.05) is 6.42 Å². The van der Waals surface area contributed by atoms with E-state index in [4.69, 9.17) is 4.74 Å². The molecular weight excluding hydrogens is 719 g/mol. The molecule has 0 radical (unpaired) electrons. The first-order valence-corrected chi connectivity index (χ1v) is 25.2. The third kappa shape index (κ3) is 40.8. The van der Waals surface area contributed by atoms with Crippen LogP contribution in [0.3, 0.4) is 0 Å². The first kappa shape index (κ1) is 56.1. The van der Waals surface area contributed by atoms with Gasteiger partial charge in [-0.15, -0.1) is 0 Å². The van der Waals surface area contributed by atoms with Crippen molar-refractivity contribution in [2.24, 2.45) is 0 Å². The number of carbonyl (C=O) groups is 2. The highest BCUT2D eigenvalue weighted by molar-refractivity contribution is 5.77. The van der Waals surface area contributed by atoms with Crippen molar-refractivity contribution in [2.75, 3.05) is 6.61 Å². The monoisotopic (exact) mass is 816 g/mol. The second-order valence-electron chi connectivity index (χ2n) is 17.2. The van der Waals surface area contributed by atoms with Crippen LogP contribution in [-0.2, 0) is 14.3 Å². The lowest BCUT2D eigenvalue weighted by Gasteiger charge is -2.24. The fourth-order valence-electron chi connectivity index (χ4n) is 7.64.